The Balaban J connectivity index is 0.00000324. The molecule has 1 aromatic carbocycles. The van der Waals surface area contributed by atoms with Gasteiger partial charge in [0.15, 0.2) is 0 Å². The normalized spacial score (nSPS) is 22.0. The lowest BCUT2D eigenvalue weighted by Gasteiger charge is -2.38. The van der Waals surface area contributed by atoms with Gasteiger partial charge in [-0.1, -0.05) is 11.6 Å². The number of methoxy groups -OCH3 is 1. The second kappa shape index (κ2) is 11.4. The summed E-state index contributed by atoms with van der Waals surface area (Å²) >= 11 is 6.26. The van der Waals surface area contributed by atoms with Gasteiger partial charge in [-0.3, -0.25) is 9.69 Å². The fourth-order valence-electron chi connectivity index (χ4n) is 4.91. The molecule has 0 aliphatic carbocycles. The molecule has 10 nitrogen and oxygen atoms in total. The van der Waals surface area contributed by atoms with E-state index >= 15 is 0 Å². The van der Waals surface area contributed by atoms with Crippen molar-refractivity contribution in [1.82, 2.24) is 20.0 Å². The summed E-state index contributed by atoms with van der Waals surface area (Å²) in [6.45, 7) is 5.13. The number of likely N-dealkylation sites (N-methyl/N-ethyl adjacent to an activating group) is 1. The van der Waals surface area contributed by atoms with Crippen LogP contribution in [-0.2, 0) is 11.2 Å². The van der Waals surface area contributed by atoms with E-state index in [1.165, 1.54) is 0 Å². The molecule has 3 heterocycles. The number of hydrogen-bond acceptors (Lipinski definition) is 6. The Morgan fingerprint density at radius 2 is 2.06 bits per heavy atom. The van der Waals surface area contributed by atoms with Crippen molar-refractivity contribution < 1.29 is 24.5 Å². The number of hydrogen-bond donors (Lipinski definition) is 2. The molecule has 3 aliphatic heterocycles. The molecule has 3 amide bonds. The number of carbonyl (C=O) groups is 2. The lowest BCUT2D eigenvalue weighted by molar-refractivity contribution is 0.00501. The van der Waals surface area contributed by atoms with Crippen LogP contribution in [0, 0.1) is 0 Å². The van der Waals surface area contributed by atoms with Crippen molar-refractivity contribution in [3.05, 3.63) is 22.2 Å². The van der Waals surface area contributed by atoms with Gasteiger partial charge in [-0.05, 0) is 25.3 Å². The van der Waals surface area contributed by atoms with Crippen LogP contribution in [0.5, 0.6) is 5.75 Å². The summed E-state index contributed by atoms with van der Waals surface area (Å²) in [5, 5.41) is 3.48. The number of rotatable bonds is 6. The number of ether oxygens (including phenoxy) is 2. The number of urea groups is 1. The predicted molar refractivity (Wildman–Crippen MR) is 131 cm³/mol. The summed E-state index contributed by atoms with van der Waals surface area (Å²) in [4.78, 5) is 31.6. The molecular formula is C23H36ClN5O5. The Kier molecular flexibility index (Phi) is 8.86. The summed E-state index contributed by atoms with van der Waals surface area (Å²) in [6, 6.07) is 1.56. The summed E-state index contributed by atoms with van der Waals surface area (Å²) < 4.78 is 11.4. The minimum Gasteiger partial charge on any atom is -0.492 e. The lowest BCUT2D eigenvalue weighted by Crippen LogP contribution is -2.56. The van der Waals surface area contributed by atoms with Crippen LogP contribution < -0.4 is 15.8 Å². The SMILES string of the molecule is CO[C@@H]1CN(CCN(C)C(=O)N2CCCC2)CC[C@@H]1NC(=O)c1cc(Cl)c(N)c2c1OCC2.O. The van der Waals surface area contributed by atoms with E-state index in [0.29, 0.717) is 48.1 Å². The highest BCUT2D eigenvalue weighted by atomic mass is 35.5. The van der Waals surface area contributed by atoms with Gasteiger partial charge in [0.25, 0.3) is 5.91 Å². The fourth-order valence-corrected chi connectivity index (χ4v) is 5.13. The minimum absolute atomic E-state index is 0. The van der Waals surface area contributed by atoms with E-state index < -0.39 is 0 Å². The van der Waals surface area contributed by atoms with E-state index in [0.717, 1.165) is 51.0 Å². The Hall–Kier alpha value is -2.27. The summed E-state index contributed by atoms with van der Waals surface area (Å²) in [5.74, 6) is 0.304. The van der Waals surface area contributed by atoms with Gasteiger partial charge in [-0.25, -0.2) is 4.79 Å². The highest BCUT2D eigenvalue weighted by Crippen LogP contribution is 2.38. The van der Waals surface area contributed by atoms with E-state index in [4.69, 9.17) is 26.8 Å². The number of nitrogens with zero attached hydrogens (tertiary/aromatic N) is 3. The van der Waals surface area contributed by atoms with Crippen LogP contribution in [0.2, 0.25) is 5.02 Å². The molecule has 3 aliphatic rings. The maximum atomic E-state index is 13.1. The summed E-state index contributed by atoms with van der Waals surface area (Å²) in [5.41, 5.74) is 7.76. The number of likely N-dealkylation sites (tertiary alicyclic amines) is 2. The zero-order valence-corrected chi connectivity index (χ0v) is 20.7. The average molecular weight is 498 g/mol. The van der Waals surface area contributed by atoms with Gasteiger partial charge in [-0.2, -0.15) is 0 Å². The van der Waals surface area contributed by atoms with E-state index in [-0.39, 0.29) is 29.6 Å². The molecule has 11 heteroatoms. The van der Waals surface area contributed by atoms with Crippen molar-refractivity contribution in [2.75, 3.05) is 65.8 Å². The molecule has 0 aromatic heterocycles. The number of nitrogen functional groups attached to an aromatic ring is 1. The van der Waals surface area contributed by atoms with Gasteiger partial charge >= 0.3 is 6.03 Å². The zero-order valence-electron chi connectivity index (χ0n) is 19.9. The Bertz CT molecular complexity index is 895. The number of benzene rings is 1. The lowest BCUT2D eigenvalue weighted by atomic mass is 10.00. The van der Waals surface area contributed by atoms with Gasteiger partial charge in [0.05, 0.1) is 35.0 Å². The van der Waals surface area contributed by atoms with Gasteiger partial charge in [0.2, 0.25) is 0 Å². The molecule has 0 saturated carbocycles. The van der Waals surface area contributed by atoms with Crippen molar-refractivity contribution in [1.29, 1.82) is 0 Å². The molecule has 2 atom stereocenters. The van der Waals surface area contributed by atoms with Crippen molar-refractivity contribution in [2.24, 2.45) is 0 Å². The van der Waals surface area contributed by atoms with Gasteiger partial charge < -0.3 is 35.8 Å². The molecule has 4 rings (SSSR count). The minimum atomic E-state index is -0.230. The number of nitrogens with one attached hydrogen (secondary N) is 1. The number of piperidine rings is 1. The van der Waals surface area contributed by atoms with Crippen molar-refractivity contribution in [3.8, 4) is 5.75 Å². The highest BCUT2D eigenvalue weighted by molar-refractivity contribution is 6.33. The third kappa shape index (κ3) is 5.51. The fraction of sp³-hybridized carbons (Fsp3) is 0.652. The summed E-state index contributed by atoms with van der Waals surface area (Å²) in [6.07, 6.45) is 3.42. The molecule has 2 saturated heterocycles. The average Bonchev–Trinajstić information content (AvgIpc) is 3.52. The molecule has 34 heavy (non-hydrogen) atoms. The molecule has 190 valence electrons. The molecule has 0 spiro atoms. The number of halogens is 1. The van der Waals surface area contributed by atoms with E-state index in [2.05, 4.69) is 10.2 Å². The molecule has 2 fully saturated rings. The van der Waals surface area contributed by atoms with Crippen LogP contribution in [0.1, 0.15) is 35.2 Å². The molecule has 5 N–H and O–H groups in total. The Morgan fingerprint density at radius 3 is 2.76 bits per heavy atom. The smallest absolute Gasteiger partial charge is 0.319 e. The molecule has 0 radical (unpaired) electrons. The Morgan fingerprint density at radius 1 is 1.32 bits per heavy atom. The number of anilines is 1. The van der Waals surface area contributed by atoms with Crippen LogP contribution in [0.15, 0.2) is 6.07 Å². The topological polar surface area (TPSA) is 132 Å². The Labute approximate surface area is 205 Å². The predicted octanol–water partition coefficient (Wildman–Crippen LogP) is 0.999. The van der Waals surface area contributed by atoms with Crippen LogP contribution in [0.25, 0.3) is 0 Å². The number of fused-ring (bicyclic) bond motifs is 1. The second-order valence-electron chi connectivity index (χ2n) is 9.07. The number of amides is 3. The quantitative estimate of drug-likeness (QED) is 0.563. The standard InChI is InChI=1S/C23H34ClN5O4.H2O/c1-27(23(31)29-7-3-4-8-29)10-11-28-9-5-18(19(14-28)32-2)26-22(30)16-13-17(24)20(25)15-6-12-33-21(15)16;/h13,18-19H,3-12,14,25H2,1-2H3,(H,26,30);1H2/t18-,19+;/m0./s1. The first-order valence-electron chi connectivity index (χ1n) is 11.7. The monoisotopic (exact) mass is 497 g/mol. The number of carbonyl (C=O) groups excluding carboxylic acids is 2. The van der Waals surface area contributed by atoms with Crippen LogP contribution >= 0.6 is 11.6 Å². The maximum absolute atomic E-state index is 13.1. The molecule has 1 aromatic rings. The first-order chi connectivity index (χ1) is 15.9. The third-order valence-corrected chi connectivity index (χ3v) is 7.25. The van der Waals surface area contributed by atoms with Crippen LogP contribution in [0.4, 0.5) is 10.5 Å². The first kappa shape index (κ1) is 26.3. The van der Waals surface area contributed by atoms with Gasteiger partial charge in [0.1, 0.15) is 5.75 Å². The van der Waals surface area contributed by atoms with Crippen molar-refractivity contribution in [3.63, 3.8) is 0 Å². The largest absolute Gasteiger partial charge is 0.492 e. The van der Waals surface area contributed by atoms with Gasteiger partial charge in [-0.15, -0.1) is 0 Å². The van der Waals surface area contributed by atoms with Crippen molar-refractivity contribution >= 4 is 29.2 Å². The van der Waals surface area contributed by atoms with E-state index in [1.807, 2.05) is 11.9 Å². The van der Waals surface area contributed by atoms with E-state index in [9.17, 15) is 9.59 Å². The first-order valence-corrected chi connectivity index (χ1v) is 12.1. The second-order valence-corrected chi connectivity index (χ2v) is 9.47. The maximum Gasteiger partial charge on any atom is 0.319 e. The highest BCUT2D eigenvalue weighted by Gasteiger charge is 2.33. The summed E-state index contributed by atoms with van der Waals surface area (Å²) in [7, 11) is 3.52. The molecule has 0 bridgehead atoms. The van der Waals surface area contributed by atoms with Crippen LogP contribution in [-0.4, -0.2) is 104 Å². The molecular weight excluding hydrogens is 462 g/mol. The van der Waals surface area contributed by atoms with Gasteiger partial charge in [0, 0.05) is 65.4 Å². The zero-order chi connectivity index (χ0) is 23.5. The number of nitrogens with two attached hydrogens (primary N) is 1. The molecule has 0 unspecified atom stereocenters. The van der Waals surface area contributed by atoms with Crippen molar-refractivity contribution in [2.45, 2.75) is 37.8 Å². The van der Waals surface area contributed by atoms with E-state index in [1.54, 1.807) is 18.1 Å². The van der Waals surface area contributed by atoms with Crippen LogP contribution in [0.3, 0.4) is 0 Å². The third-order valence-electron chi connectivity index (χ3n) is 6.93.